The van der Waals surface area contributed by atoms with Crippen LogP contribution in [-0.4, -0.2) is 15.6 Å². The van der Waals surface area contributed by atoms with E-state index in [2.05, 4.69) is 0 Å². The molecule has 21 heavy (non-hydrogen) atoms. The van der Waals surface area contributed by atoms with Crippen molar-refractivity contribution in [2.45, 2.75) is 13.5 Å². The first-order chi connectivity index (χ1) is 10.0. The van der Waals surface area contributed by atoms with Gasteiger partial charge in [0.15, 0.2) is 0 Å². The Morgan fingerprint density at radius 3 is 2.71 bits per heavy atom. The second kappa shape index (κ2) is 5.05. The third-order valence-corrected chi connectivity index (χ3v) is 3.51. The number of nitrogens with zero attached hydrogens (tertiary/aromatic N) is 1. The van der Waals surface area contributed by atoms with Crippen molar-refractivity contribution >= 4 is 16.9 Å². The van der Waals surface area contributed by atoms with Gasteiger partial charge in [0, 0.05) is 17.4 Å². The summed E-state index contributed by atoms with van der Waals surface area (Å²) in [6.07, 6.45) is 0. The number of hydrogen-bond donors (Lipinski definition) is 1. The van der Waals surface area contributed by atoms with E-state index < -0.39 is 5.97 Å². The SMILES string of the molecule is Cc1cccc(Cn2c(C(=O)O)cc3cc(F)ccc32)c1. The topological polar surface area (TPSA) is 42.2 Å². The summed E-state index contributed by atoms with van der Waals surface area (Å²) in [6.45, 7) is 2.43. The smallest absolute Gasteiger partial charge is 0.352 e. The van der Waals surface area contributed by atoms with Gasteiger partial charge in [-0.25, -0.2) is 9.18 Å². The largest absolute Gasteiger partial charge is 0.477 e. The molecule has 0 amide bonds. The summed E-state index contributed by atoms with van der Waals surface area (Å²) in [7, 11) is 0. The van der Waals surface area contributed by atoms with Gasteiger partial charge in [-0.3, -0.25) is 0 Å². The van der Waals surface area contributed by atoms with E-state index in [1.165, 1.54) is 18.2 Å². The number of hydrogen-bond acceptors (Lipinski definition) is 1. The predicted molar refractivity (Wildman–Crippen MR) is 79.1 cm³/mol. The van der Waals surface area contributed by atoms with Gasteiger partial charge in [0.2, 0.25) is 0 Å². The molecular formula is C17H14FNO2. The van der Waals surface area contributed by atoms with Crippen molar-refractivity contribution in [1.29, 1.82) is 0 Å². The zero-order chi connectivity index (χ0) is 15.0. The van der Waals surface area contributed by atoms with Crippen molar-refractivity contribution in [3.63, 3.8) is 0 Å². The molecular weight excluding hydrogens is 269 g/mol. The van der Waals surface area contributed by atoms with Crippen LogP contribution in [0.25, 0.3) is 10.9 Å². The number of aryl methyl sites for hydroxylation is 1. The molecule has 106 valence electrons. The maximum Gasteiger partial charge on any atom is 0.352 e. The molecule has 0 fully saturated rings. The van der Waals surface area contributed by atoms with Crippen LogP contribution in [0.15, 0.2) is 48.5 Å². The second-order valence-corrected chi connectivity index (χ2v) is 5.11. The fourth-order valence-corrected chi connectivity index (χ4v) is 2.58. The molecule has 0 bridgehead atoms. The third-order valence-electron chi connectivity index (χ3n) is 3.51. The highest BCUT2D eigenvalue weighted by atomic mass is 19.1. The highest BCUT2D eigenvalue weighted by molar-refractivity contribution is 5.94. The molecule has 3 nitrogen and oxygen atoms in total. The fraction of sp³-hybridized carbons (Fsp3) is 0.118. The van der Waals surface area contributed by atoms with Crippen molar-refractivity contribution < 1.29 is 14.3 Å². The summed E-state index contributed by atoms with van der Waals surface area (Å²) >= 11 is 0. The van der Waals surface area contributed by atoms with Gasteiger partial charge >= 0.3 is 5.97 Å². The Balaban J connectivity index is 2.15. The highest BCUT2D eigenvalue weighted by Gasteiger charge is 2.15. The molecule has 1 heterocycles. The van der Waals surface area contributed by atoms with E-state index in [-0.39, 0.29) is 11.5 Å². The molecule has 3 aromatic rings. The van der Waals surface area contributed by atoms with Crippen LogP contribution in [0.2, 0.25) is 0 Å². The van der Waals surface area contributed by atoms with E-state index in [4.69, 9.17) is 0 Å². The number of benzene rings is 2. The van der Waals surface area contributed by atoms with Crippen LogP contribution in [0.3, 0.4) is 0 Å². The highest BCUT2D eigenvalue weighted by Crippen LogP contribution is 2.22. The fourth-order valence-electron chi connectivity index (χ4n) is 2.58. The van der Waals surface area contributed by atoms with Gasteiger partial charge in [-0.1, -0.05) is 29.8 Å². The van der Waals surface area contributed by atoms with E-state index >= 15 is 0 Å². The first-order valence-corrected chi connectivity index (χ1v) is 6.62. The van der Waals surface area contributed by atoms with E-state index in [1.807, 2.05) is 31.2 Å². The summed E-state index contributed by atoms with van der Waals surface area (Å²) in [6, 6.07) is 13.7. The molecule has 0 saturated carbocycles. The number of rotatable bonds is 3. The molecule has 0 unspecified atom stereocenters. The molecule has 0 spiro atoms. The van der Waals surface area contributed by atoms with Crippen LogP contribution in [0.4, 0.5) is 4.39 Å². The zero-order valence-corrected chi connectivity index (χ0v) is 11.5. The average Bonchev–Trinajstić information content (AvgIpc) is 2.77. The Morgan fingerprint density at radius 1 is 1.19 bits per heavy atom. The summed E-state index contributed by atoms with van der Waals surface area (Å²) in [5.74, 6) is -1.38. The third kappa shape index (κ3) is 2.52. The van der Waals surface area contributed by atoms with Gasteiger partial charge < -0.3 is 9.67 Å². The number of fused-ring (bicyclic) bond motifs is 1. The lowest BCUT2D eigenvalue weighted by Gasteiger charge is -2.09. The van der Waals surface area contributed by atoms with Crippen LogP contribution in [0, 0.1) is 12.7 Å². The molecule has 2 aromatic carbocycles. The van der Waals surface area contributed by atoms with E-state index in [0.29, 0.717) is 11.9 Å². The van der Waals surface area contributed by atoms with Crippen molar-refractivity contribution in [3.05, 3.63) is 71.2 Å². The Hall–Kier alpha value is -2.62. The van der Waals surface area contributed by atoms with Gasteiger partial charge in [-0.2, -0.15) is 0 Å². The molecule has 4 heteroatoms. The first-order valence-electron chi connectivity index (χ1n) is 6.62. The standard InChI is InChI=1S/C17H14FNO2/c1-11-3-2-4-12(7-11)10-19-15-6-5-14(18)8-13(15)9-16(19)17(20)21/h2-9H,10H2,1H3,(H,20,21). The number of carboxylic acid groups (broad SMARTS) is 1. The maximum atomic E-state index is 13.3. The zero-order valence-electron chi connectivity index (χ0n) is 11.5. The minimum atomic E-state index is -1.01. The summed E-state index contributed by atoms with van der Waals surface area (Å²) in [4.78, 5) is 11.4. The number of carboxylic acids is 1. The maximum absolute atomic E-state index is 13.3. The van der Waals surface area contributed by atoms with E-state index in [1.54, 1.807) is 10.6 Å². The van der Waals surface area contributed by atoms with Crippen molar-refractivity contribution in [3.8, 4) is 0 Å². The molecule has 1 aromatic heterocycles. The molecule has 3 rings (SSSR count). The Labute approximate surface area is 121 Å². The Bertz CT molecular complexity index is 836. The van der Waals surface area contributed by atoms with Crippen molar-refractivity contribution in [1.82, 2.24) is 4.57 Å². The van der Waals surface area contributed by atoms with Gasteiger partial charge in [0.25, 0.3) is 0 Å². The van der Waals surface area contributed by atoms with Crippen LogP contribution in [0.5, 0.6) is 0 Å². The molecule has 0 radical (unpaired) electrons. The normalized spacial score (nSPS) is 11.0. The van der Waals surface area contributed by atoms with E-state index in [9.17, 15) is 14.3 Å². The minimum Gasteiger partial charge on any atom is -0.477 e. The quantitative estimate of drug-likeness (QED) is 0.793. The molecule has 0 aliphatic rings. The van der Waals surface area contributed by atoms with E-state index in [0.717, 1.165) is 16.6 Å². The lowest BCUT2D eigenvalue weighted by molar-refractivity contribution is 0.0686. The molecule has 0 aliphatic carbocycles. The number of carbonyl (C=O) groups is 1. The average molecular weight is 283 g/mol. The van der Waals surface area contributed by atoms with Crippen LogP contribution >= 0.6 is 0 Å². The van der Waals surface area contributed by atoms with Gasteiger partial charge in [0.05, 0.1) is 0 Å². The van der Waals surface area contributed by atoms with Crippen molar-refractivity contribution in [2.75, 3.05) is 0 Å². The molecule has 0 saturated heterocycles. The van der Waals surface area contributed by atoms with Gasteiger partial charge in [-0.05, 0) is 36.8 Å². The minimum absolute atomic E-state index is 0.164. The van der Waals surface area contributed by atoms with Gasteiger partial charge in [0.1, 0.15) is 11.5 Å². The van der Waals surface area contributed by atoms with Crippen LogP contribution in [-0.2, 0) is 6.54 Å². The first kappa shape index (κ1) is 13.4. The van der Waals surface area contributed by atoms with Crippen LogP contribution < -0.4 is 0 Å². The predicted octanol–water partition coefficient (Wildman–Crippen LogP) is 3.84. The lowest BCUT2D eigenvalue weighted by Crippen LogP contribution is -2.09. The van der Waals surface area contributed by atoms with Gasteiger partial charge in [-0.15, -0.1) is 0 Å². The number of halogens is 1. The molecule has 0 atom stereocenters. The number of aromatic carboxylic acids is 1. The summed E-state index contributed by atoms with van der Waals surface area (Å²) < 4.78 is 15.0. The summed E-state index contributed by atoms with van der Waals surface area (Å²) in [5, 5.41) is 9.95. The summed E-state index contributed by atoms with van der Waals surface area (Å²) in [5.41, 5.74) is 3.01. The Morgan fingerprint density at radius 2 is 2.00 bits per heavy atom. The molecule has 0 aliphatic heterocycles. The second-order valence-electron chi connectivity index (χ2n) is 5.11. The van der Waals surface area contributed by atoms with Crippen molar-refractivity contribution in [2.24, 2.45) is 0 Å². The molecule has 1 N–H and O–H groups in total. The number of aromatic nitrogens is 1. The Kier molecular flexibility index (Phi) is 3.22. The lowest BCUT2D eigenvalue weighted by atomic mass is 10.1. The van der Waals surface area contributed by atoms with Crippen LogP contribution in [0.1, 0.15) is 21.6 Å². The monoisotopic (exact) mass is 283 g/mol.